The van der Waals surface area contributed by atoms with Crippen molar-refractivity contribution in [3.05, 3.63) is 65.2 Å². The van der Waals surface area contributed by atoms with Gasteiger partial charge in [0.25, 0.3) is 0 Å². The highest BCUT2D eigenvalue weighted by molar-refractivity contribution is 5.70. The van der Waals surface area contributed by atoms with E-state index >= 15 is 0 Å². The number of benzene rings is 2. The summed E-state index contributed by atoms with van der Waals surface area (Å²) >= 11 is 0. The molecule has 0 spiro atoms. The third-order valence-electron chi connectivity index (χ3n) is 3.80. The summed E-state index contributed by atoms with van der Waals surface area (Å²) in [5.41, 5.74) is 16.3. The minimum atomic E-state index is -0.453. The molecule has 2 atom stereocenters. The van der Waals surface area contributed by atoms with Crippen LogP contribution in [0.3, 0.4) is 0 Å². The van der Waals surface area contributed by atoms with Gasteiger partial charge < -0.3 is 21.5 Å². The molecule has 5 N–H and O–H groups in total. The van der Waals surface area contributed by atoms with Crippen molar-refractivity contribution in [3.8, 4) is 0 Å². The molecule has 2 rings (SSSR count). The van der Waals surface area contributed by atoms with Crippen molar-refractivity contribution in [1.82, 2.24) is 0 Å². The summed E-state index contributed by atoms with van der Waals surface area (Å²) in [7, 11) is 0. The topological polar surface area (TPSA) is 90.4 Å². The van der Waals surface area contributed by atoms with E-state index in [2.05, 4.69) is 5.32 Å². The molecule has 0 radical (unpaired) electrons. The highest BCUT2D eigenvalue weighted by Gasteiger charge is 2.18. The first-order valence-corrected chi connectivity index (χ1v) is 8.10. The molecular formula is C19H25N3O2. The minimum Gasteiger partial charge on any atom is -0.466 e. The number of carbonyl (C=O) groups is 1. The van der Waals surface area contributed by atoms with Crippen LogP contribution in [-0.4, -0.2) is 12.6 Å². The zero-order valence-electron chi connectivity index (χ0n) is 14.2. The summed E-state index contributed by atoms with van der Waals surface area (Å²) in [5.74, 6) is -0.306. The van der Waals surface area contributed by atoms with Gasteiger partial charge >= 0.3 is 5.97 Å². The van der Waals surface area contributed by atoms with E-state index in [1.165, 1.54) is 5.56 Å². The lowest BCUT2D eigenvalue weighted by Gasteiger charge is -2.22. The quantitative estimate of drug-likeness (QED) is 0.537. The third kappa shape index (κ3) is 4.81. The van der Waals surface area contributed by atoms with Gasteiger partial charge in [-0.25, -0.2) is 0 Å². The number of ether oxygens (including phenoxy) is 1. The lowest BCUT2D eigenvalue weighted by Crippen LogP contribution is -2.25. The van der Waals surface area contributed by atoms with Crippen molar-refractivity contribution in [2.75, 3.05) is 11.9 Å². The van der Waals surface area contributed by atoms with Crippen LogP contribution in [0.25, 0.3) is 0 Å². The first kappa shape index (κ1) is 18.0. The molecule has 2 aromatic rings. The first-order valence-electron chi connectivity index (χ1n) is 8.10. The summed E-state index contributed by atoms with van der Waals surface area (Å²) in [6.07, 6.45) is -0.292. The number of nitrogens with one attached hydrogen (secondary N) is 1. The lowest BCUT2D eigenvalue weighted by molar-refractivity contribution is -0.143. The van der Waals surface area contributed by atoms with Gasteiger partial charge in [0.05, 0.1) is 13.0 Å². The Hall–Kier alpha value is -2.37. The summed E-state index contributed by atoms with van der Waals surface area (Å²) in [6, 6.07) is 15.2. The molecule has 5 nitrogen and oxygen atoms in total. The number of esters is 1. The number of rotatable bonds is 7. The number of carbonyl (C=O) groups excluding carboxylic acids is 1. The fraction of sp³-hybridized carbons (Fsp3) is 0.316. The maximum absolute atomic E-state index is 11.7. The predicted molar refractivity (Wildman–Crippen MR) is 96.4 cm³/mol. The molecule has 0 amide bonds. The van der Waals surface area contributed by atoms with E-state index < -0.39 is 12.2 Å². The second-order valence-corrected chi connectivity index (χ2v) is 5.73. The van der Waals surface area contributed by atoms with Gasteiger partial charge in [-0.2, -0.15) is 0 Å². The van der Waals surface area contributed by atoms with Gasteiger partial charge in [0.1, 0.15) is 6.17 Å². The van der Waals surface area contributed by atoms with Crippen molar-refractivity contribution in [3.63, 3.8) is 0 Å². The van der Waals surface area contributed by atoms with Gasteiger partial charge in [0.2, 0.25) is 0 Å². The molecule has 2 unspecified atom stereocenters. The predicted octanol–water partition coefficient (Wildman–Crippen LogP) is 3.02. The largest absolute Gasteiger partial charge is 0.466 e. The van der Waals surface area contributed by atoms with E-state index in [1.807, 2.05) is 55.5 Å². The Morgan fingerprint density at radius 2 is 1.71 bits per heavy atom. The summed E-state index contributed by atoms with van der Waals surface area (Å²) in [4.78, 5) is 11.7. The molecule has 2 aromatic carbocycles. The Kier molecular flexibility index (Phi) is 6.35. The van der Waals surface area contributed by atoms with Crippen LogP contribution < -0.4 is 16.8 Å². The molecule has 0 fully saturated rings. The highest BCUT2D eigenvalue weighted by atomic mass is 16.5. The molecule has 0 aliphatic heterocycles. The molecule has 0 aliphatic rings. The van der Waals surface area contributed by atoms with Gasteiger partial charge in [0, 0.05) is 11.7 Å². The smallest absolute Gasteiger partial charge is 0.307 e. The van der Waals surface area contributed by atoms with Crippen LogP contribution in [0, 0.1) is 6.92 Å². The van der Waals surface area contributed by atoms with Crippen LogP contribution in [0.1, 0.15) is 42.2 Å². The lowest BCUT2D eigenvalue weighted by atomic mass is 9.97. The van der Waals surface area contributed by atoms with Crippen LogP contribution in [0.4, 0.5) is 5.69 Å². The van der Waals surface area contributed by atoms with Gasteiger partial charge in [0.15, 0.2) is 0 Å². The van der Waals surface area contributed by atoms with E-state index in [-0.39, 0.29) is 12.4 Å². The average Bonchev–Trinajstić information content (AvgIpc) is 2.57. The van der Waals surface area contributed by atoms with Crippen molar-refractivity contribution in [2.45, 2.75) is 32.5 Å². The fourth-order valence-electron chi connectivity index (χ4n) is 2.55. The van der Waals surface area contributed by atoms with Gasteiger partial charge in [-0.3, -0.25) is 4.79 Å². The Labute approximate surface area is 143 Å². The summed E-state index contributed by atoms with van der Waals surface area (Å²) in [5, 5.41) is 3.27. The second-order valence-electron chi connectivity index (χ2n) is 5.73. The Balaban J connectivity index is 2.14. The molecule has 0 heterocycles. The average molecular weight is 327 g/mol. The number of hydrogen-bond donors (Lipinski definition) is 3. The number of anilines is 1. The number of hydrogen-bond acceptors (Lipinski definition) is 5. The zero-order valence-corrected chi connectivity index (χ0v) is 14.2. The van der Waals surface area contributed by atoms with Crippen LogP contribution in [0.15, 0.2) is 48.5 Å². The standard InChI is InChI=1S/C19H25N3O2/c1-3-24-18(23)12-17(20)15-6-4-5-7-16(15)19(21)22-14-10-8-13(2)9-11-14/h4-11,17,19,22H,3,12,20-21H2,1-2H3. The first-order chi connectivity index (χ1) is 11.5. The van der Waals surface area contributed by atoms with Gasteiger partial charge in [-0.1, -0.05) is 42.0 Å². The Bertz CT molecular complexity index is 671. The molecule has 24 heavy (non-hydrogen) atoms. The molecule has 0 saturated carbocycles. The Morgan fingerprint density at radius 3 is 2.33 bits per heavy atom. The van der Waals surface area contributed by atoms with E-state index in [0.29, 0.717) is 6.61 Å². The van der Waals surface area contributed by atoms with E-state index in [1.54, 1.807) is 6.92 Å². The van der Waals surface area contributed by atoms with Gasteiger partial charge in [-0.05, 0) is 37.1 Å². The van der Waals surface area contributed by atoms with Crippen molar-refractivity contribution in [2.24, 2.45) is 11.5 Å². The fourth-order valence-corrected chi connectivity index (χ4v) is 2.55. The van der Waals surface area contributed by atoms with Crippen LogP contribution in [0.5, 0.6) is 0 Å². The maximum atomic E-state index is 11.7. The molecule has 128 valence electrons. The molecule has 0 saturated heterocycles. The maximum Gasteiger partial charge on any atom is 0.307 e. The van der Waals surface area contributed by atoms with Crippen molar-refractivity contribution < 1.29 is 9.53 Å². The normalized spacial score (nSPS) is 13.2. The van der Waals surface area contributed by atoms with E-state index in [4.69, 9.17) is 16.2 Å². The molecule has 0 aromatic heterocycles. The summed E-state index contributed by atoms with van der Waals surface area (Å²) in [6.45, 7) is 4.16. The van der Waals surface area contributed by atoms with Crippen LogP contribution in [0.2, 0.25) is 0 Å². The van der Waals surface area contributed by atoms with Gasteiger partial charge in [-0.15, -0.1) is 0 Å². The molecular weight excluding hydrogens is 302 g/mol. The van der Waals surface area contributed by atoms with E-state index in [9.17, 15) is 4.79 Å². The monoisotopic (exact) mass is 327 g/mol. The summed E-state index contributed by atoms with van der Waals surface area (Å²) < 4.78 is 4.98. The molecule has 0 bridgehead atoms. The Morgan fingerprint density at radius 1 is 1.08 bits per heavy atom. The molecule has 0 aliphatic carbocycles. The molecule has 5 heteroatoms. The van der Waals surface area contributed by atoms with Crippen LogP contribution >= 0.6 is 0 Å². The highest BCUT2D eigenvalue weighted by Crippen LogP contribution is 2.25. The third-order valence-corrected chi connectivity index (χ3v) is 3.80. The second kappa shape index (κ2) is 8.47. The van der Waals surface area contributed by atoms with Crippen molar-refractivity contribution >= 4 is 11.7 Å². The SMILES string of the molecule is CCOC(=O)CC(N)c1ccccc1C(N)Nc1ccc(C)cc1. The number of aryl methyl sites for hydroxylation is 1. The number of nitrogens with two attached hydrogens (primary N) is 2. The minimum absolute atomic E-state index is 0.127. The van der Waals surface area contributed by atoms with E-state index in [0.717, 1.165) is 16.8 Å². The zero-order chi connectivity index (χ0) is 17.5. The van der Waals surface area contributed by atoms with Crippen LogP contribution in [-0.2, 0) is 9.53 Å². The van der Waals surface area contributed by atoms with Crippen molar-refractivity contribution in [1.29, 1.82) is 0 Å².